The molecule has 1 aromatic carbocycles. The van der Waals surface area contributed by atoms with E-state index in [9.17, 15) is 9.18 Å². The molecule has 6 nitrogen and oxygen atoms in total. The Bertz CT molecular complexity index is 727. The van der Waals surface area contributed by atoms with Crippen molar-refractivity contribution in [3.8, 4) is 0 Å². The molecule has 3 N–H and O–H groups in total. The molecule has 1 heterocycles. The van der Waals surface area contributed by atoms with E-state index in [2.05, 4.69) is 10.3 Å². The minimum atomic E-state index is -0.611. The van der Waals surface area contributed by atoms with Gasteiger partial charge in [-0.3, -0.25) is 4.79 Å². The van der Waals surface area contributed by atoms with Crippen molar-refractivity contribution in [2.45, 2.75) is 20.0 Å². The predicted octanol–water partition coefficient (Wildman–Crippen LogP) is 2.12. The van der Waals surface area contributed by atoms with Gasteiger partial charge >= 0.3 is 0 Å². The first-order valence-corrected chi connectivity index (χ1v) is 7.62. The highest BCUT2D eigenvalue weighted by atomic mass is 19.1. The molecule has 0 aliphatic carbocycles. The van der Waals surface area contributed by atoms with Gasteiger partial charge in [-0.25, -0.2) is 9.38 Å². The van der Waals surface area contributed by atoms with Gasteiger partial charge in [0.15, 0.2) is 11.7 Å². The summed E-state index contributed by atoms with van der Waals surface area (Å²) in [7, 11) is 1.86. The average molecular weight is 332 g/mol. The third-order valence-electron chi connectivity index (χ3n) is 3.29. The van der Waals surface area contributed by atoms with Crippen LogP contribution in [0.15, 0.2) is 45.8 Å². The van der Waals surface area contributed by atoms with E-state index in [0.717, 1.165) is 5.56 Å². The maximum Gasteiger partial charge on any atom is 0.284 e. The number of rotatable bonds is 6. The lowest BCUT2D eigenvalue weighted by Gasteiger charge is -2.22. The van der Waals surface area contributed by atoms with E-state index < -0.39 is 5.91 Å². The molecule has 0 unspecified atom stereocenters. The van der Waals surface area contributed by atoms with Crippen LogP contribution in [0.5, 0.6) is 0 Å². The molecular weight excluding hydrogens is 311 g/mol. The Labute approximate surface area is 140 Å². The molecule has 0 bridgehead atoms. The van der Waals surface area contributed by atoms with Crippen LogP contribution in [0.1, 0.15) is 28.8 Å². The number of primary amides is 1. The van der Waals surface area contributed by atoms with Gasteiger partial charge in [-0.1, -0.05) is 12.1 Å². The molecule has 24 heavy (non-hydrogen) atoms. The minimum Gasteiger partial charge on any atom is -0.454 e. The van der Waals surface area contributed by atoms with Gasteiger partial charge in [0.1, 0.15) is 18.1 Å². The number of hydrogen-bond acceptors (Lipinski definition) is 3. The number of hydrogen-bond donors (Lipinski definition) is 2. The molecule has 0 saturated carbocycles. The van der Waals surface area contributed by atoms with Crippen molar-refractivity contribution < 1.29 is 13.6 Å². The first-order valence-electron chi connectivity index (χ1n) is 7.62. The van der Waals surface area contributed by atoms with Crippen LogP contribution < -0.4 is 11.1 Å². The van der Waals surface area contributed by atoms with Crippen molar-refractivity contribution in [2.75, 3.05) is 13.6 Å². The van der Waals surface area contributed by atoms with E-state index in [-0.39, 0.29) is 18.1 Å². The van der Waals surface area contributed by atoms with Crippen molar-refractivity contribution in [1.29, 1.82) is 0 Å². The molecule has 7 heteroatoms. The number of amides is 1. The van der Waals surface area contributed by atoms with Crippen molar-refractivity contribution in [1.82, 2.24) is 10.2 Å². The van der Waals surface area contributed by atoms with Crippen LogP contribution >= 0.6 is 0 Å². The highest BCUT2D eigenvalue weighted by Crippen LogP contribution is 2.10. The van der Waals surface area contributed by atoms with Crippen LogP contribution in [-0.4, -0.2) is 30.4 Å². The van der Waals surface area contributed by atoms with E-state index in [1.807, 2.05) is 24.9 Å². The normalized spacial score (nSPS) is 11.4. The molecule has 128 valence electrons. The fourth-order valence-electron chi connectivity index (χ4n) is 2.20. The second-order valence-corrected chi connectivity index (χ2v) is 5.29. The summed E-state index contributed by atoms with van der Waals surface area (Å²) in [5, 5.41) is 3.17. The zero-order valence-corrected chi connectivity index (χ0v) is 13.8. The van der Waals surface area contributed by atoms with Crippen LogP contribution in [-0.2, 0) is 13.1 Å². The molecule has 2 rings (SSSR count). The van der Waals surface area contributed by atoms with Gasteiger partial charge in [0.05, 0.1) is 0 Å². The predicted molar refractivity (Wildman–Crippen MR) is 89.9 cm³/mol. The average Bonchev–Trinajstić information content (AvgIpc) is 3.00. The fraction of sp³-hybridized carbons (Fsp3) is 0.294. The molecule has 1 amide bonds. The lowest BCUT2D eigenvalue weighted by Crippen LogP contribution is -2.38. The molecular formula is C17H21FN4O2. The summed E-state index contributed by atoms with van der Waals surface area (Å²) >= 11 is 0. The molecule has 0 aliphatic rings. The summed E-state index contributed by atoms with van der Waals surface area (Å²) in [5.41, 5.74) is 6.00. The number of nitrogens with two attached hydrogens (primary N) is 1. The van der Waals surface area contributed by atoms with E-state index in [0.29, 0.717) is 24.8 Å². The SMILES string of the molecule is CCNC(=NCc1ccc(C(N)=O)o1)N(C)Cc1cccc(F)c1. The Balaban J connectivity index is 2.07. The number of benzene rings is 1. The molecule has 0 saturated heterocycles. The van der Waals surface area contributed by atoms with E-state index in [4.69, 9.17) is 10.2 Å². The number of guanidine groups is 1. The number of halogens is 1. The molecule has 0 fully saturated rings. The first-order chi connectivity index (χ1) is 11.5. The van der Waals surface area contributed by atoms with Gasteiger partial charge < -0.3 is 20.4 Å². The summed E-state index contributed by atoms with van der Waals surface area (Å²) in [6.07, 6.45) is 0. The molecule has 1 aromatic heterocycles. The van der Waals surface area contributed by atoms with Gasteiger partial charge in [0.25, 0.3) is 5.91 Å². The zero-order valence-electron chi connectivity index (χ0n) is 13.8. The topological polar surface area (TPSA) is 83.9 Å². The Morgan fingerprint density at radius 1 is 1.38 bits per heavy atom. The van der Waals surface area contributed by atoms with Crippen molar-refractivity contribution in [3.63, 3.8) is 0 Å². The van der Waals surface area contributed by atoms with E-state index in [1.165, 1.54) is 18.2 Å². The van der Waals surface area contributed by atoms with Gasteiger partial charge in [-0.2, -0.15) is 0 Å². The molecule has 0 aliphatic heterocycles. The lowest BCUT2D eigenvalue weighted by atomic mass is 10.2. The van der Waals surface area contributed by atoms with Gasteiger partial charge in [0, 0.05) is 20.1 Å². The number of carbonyl (C=O) groups is 1. The summed E-state index contributed by atoms with van der Waals surface area (Å²) in [6, 6.07) is 9.63. The van der Waals surface area contributed by atoms with E-state index >= 15 is 0 Å². The summed E-state index contributed by atoms with van der Waals surface area (Å²) in [5.74, 6) is 0.424. The monoisotopic (exact) mass is 332 g/mol. The number of furan rings is 1. The largest absolute Gasteiger partial charge is 0.454 e. The van der Waals surface area contributed by atoms with Gasteiger partial charge in [-0.15, -0.1) is 0 Å². The van der Waals surface area contributed by atoms with Crippen LogP contribution in [0.3, 0.4) is 0 Å². The Morgan fingerprint density at radius 3 is 2.79 bits per heavy atom. The Kier molecular flexibility index (Phi) is 5.95. The van der Waals surface area contributed by atoms with Crippen LogP contribution in [0.4, 0.5) is 4.39 Å². The highest BCUT2D eigenvalue weighted by molar-refractivity contribution is 5.89. The minimum absolute atomic E-state index is 0.110. The Morgan fingerprint density at radius 2 is 2.17 bits per heavy atom. The smallest absolute Gasteiger partial charge is 0.284 e. The quantitative estimate of drug-likeness (QED) is 0.627. The maximum absolute atomic E-state index is 13.3. The van der Waals surface area contributed by atoms with Gasteiger partial charge in [-0.05, 0) is 36.8 Å². The van der Waals surface area contributed by atoms with Crippen molar-refractivity contribution >= 4 is 11.9 Å². The van der Waals surface area contributed by atoms with Gasteiger partial charge in [0.2, 0.25) is 0 Å². The second kappa shape index (κ2) is 8.14. The van der Waals surface area contributed by atoms with E-state index in [1.54, 1.807) is 12.1 Å². The summed E-state index contributed by atoms with van der Waals surface area (Å²) in [6.45, 7) is 3.43. The first kappa shape index (κ1) is 17.5. The number of aliphatic imine (C=N–C) groups is 1. The summed E-state index contributed by atoms with van der Waals surface area (Å²) in [4.78, 5) is 17.4. The molecule has 0 atom stereocenters. The highest BCUT2D eigenvalue weighted by Gasteiger charge is 2.09. The second-order valence-electron chi connectivity index (χ2n) is 5.29. The number of carbonyl (C=O) groups excluding carboxylic acids is 1. The summed E-state index contributed by atoms with van der Waals surface area (Å²) < 4.78 is 18.6. The molecule has 0 spiro atoms. The Hall–Kier alpha value is -2.83. The number of nitrogens with zero attached hydrogens (tertiary/aromatic N) is 2. The zero-order chi connectivity index (χ0) is 17.5. The maximum atomic E-state index is 13.3. The van der Waals surface area contributed by atoms with Crippen LogP contribution in [0.25, 0.3) is 0 Å². The van der Waals surface area contributed by atoms with Crippen LogP contribution in [0, 0.1) is 5.82 Å². The third kappa shape index (κ3) is 4.84. The third-order valence-corrected chi connectivity index (χ3v) is 3.29. The van der Waals surface area contributed by atoms with Crippen molar-refractivity contribution in [3.05, 3.63) is 59.3 Å². The van der Waals surface area contributed by atoms with Crippen LogP contribution in [0.2, 0.25) is 0 Å². The lowest BCUT2D eigenvalue weighted by molar-refractivity contribution is 0.0972. The fourth-order valence-corrected chi connectivity index (χ4v) is 2.20. The van der Waals surface area contributed by atoms with Crippen molar-refractivity contribution in [2.24, 2.45) is 10.7 Å². The standard InChI is InChI=1S/C17H21FN4O2/c1-3-20-17(21-10-14-7-8-15(24-14)16(19)23)22(2)11-12-5-4-6-13(18)9-12/h4-9H,3,10-11H2,1-2H3,(H2,19,23)(H,20,21). The molecule has 2 aromatic rings. The number of nitrogens with one attached hydrogen (secondary N) is 1. The molecule has 0 radical (unpaired) electrons.